The first-order valence-corrected chi connectivity index (χ1v) is 5.68. The first kappa shape index (κ1) is 13.5. The smallest absolute Gasteiger partial charge is 0.323 e. The summed E-state index contributed by atoms with van der Waals surface area (Å²) >= 11 is 0. The second-order valence-corrected chi connectivity index (χ2v) is 4.33. The Morgan fingerprint density at radius 2 is 2.11 bits per heavy atom. The Kier molecular flexibility index (Phi) is 3.57. The lowest BCUT2D eigenvalue weighted by molar-refractivity contribution is -0.137. The van der Waals surface area contributed by atoms with Gasteiger partial charge in [-0.25, -0.2) is 4.68 Å². The topological polar surface area (TPSA) is 56.7 Å². The van der Waals surface area contributed by atoms with E-state index in [9.17, 15) is 13.2 Å². The second kappa shape index (κ2) is 5.00. The van der Waals surface area contributed by atoms with Gasteiger partial charge in [-0.2, -0.15) is 13.2 Å². The molecule has 102 valence electrons. The van der Waals surface area contributed by atoms with Gasteiger partial charge in [0.05, 0.1) is 24.0 Å². The molecule has 0 bridgehead atoms. The first-order valence-electron chi connectivity index (χ1n) is 5.68. The molecule has 19 heavy (non-hydrogen) atoms. The van der Waals surface area contributed by atoms with Crippen LogP contribution in [0.5, 0.6) is 0 Å². The minimum Gasteiger partial charge on any atom is -0.323 e. The van der Waals surface area contributed by atoms with Crippen LogP contribution in [0.15, 0.2) is 30.5 Å². The summed E-state index contributed by atoms with van der Waals surface area (Å²) in [6.45, 7) is 1.99. The quantitative estimate of drug-likeness (QED) is 0.931. The third kappa shape index (κ3) is 3.31. The molecule has 0 aliphatic rings. The van der Waals surface area contributed by atoms with Crippen LogP contribution < -0.4 is 5.73 Å². The Bertz CT molecular complexity index is 560. The maximum absolute atomic E-state index is 12.6. The summed E-state index contributed by atoms with van der Waals surface area (Å²) in [6.07, 6.45) is -2.71. The van der Waals surface area contributed by atoms with Crippen molar-refractivity contribution in [2.45, 2.75) is 25.7 Å². The highest BCUT2D eigenvalue weighted by atomic mass is 19.4. The molecule has 1 aromatic carbocycles. The first-order chi connectivity index (χ1) is 8.86. The van der Waals surface area contributed by atoms with Gasteiger partial charge < -0.3 is 5.73 Å². The zero-order valence-electron chi connectivity index (χ0n) is 10.2. The normalized spacial score (nSPS) is 13.5. The van der Waals surface area contributed by atoms with Crippen molar-refractivity contribution in [3.8, 4) is 0 Å². The lowest BCUT2D eigenvalue weighted by Gasteiger charge is -2.08. The molecule has 1 heterocycles. The number of hydrogen-bond donors (Lipinski definition) is 1. The SMILES string of the molecule is CC(N)c1cn(Cc2cccc(C(F)(F)F)c2)nn1. The van der Waals surface area contributed by atoms with Crippen molar-refractivity contribution >= 4 is 0 Å². The Balaban J connectivity index is 2.19. The van der Waals surface area contributed by atoms with Crippen LogP contribution in [0, 0.1) is 0 Å². The summed E-state index contributed by atoms with van der Waals surface area (Å²) in [5.74, 6) is 0. The zero-order valence-corrected chi connectivity index (χ0v) is 10.2. The number of rotatable bonds is 3. The van der Waals surface area contributed by atoms with E-state index in [1.807, 2.05) is 0 Å². The van der Waals surface area contributed by atoms with Gasteiger partial charge in [0.1, 0.15) is 0 Å². The molecule has 0 spiro atoms. The van der Waals surface area contributed by atoms with Gasteiger partial charge in [0.25, 0.3) is 0 Å². The Labute approximate surface area is 108 Å². The molecule has 2 N–H and O–H groups in total. The largest absolute Gasteiger partial charge is 0.416 e. The summed E-state index contributed by atoms with van der Waals surface area (Å²) in [7, 11) is 0. The highest BCUT2D eigenvalue weighted by Gasteiger charge is 2.30. The molecular weight excluding hydrogens is 257 g/mol. The van der Waals surface area contributed by atoms with E-state index in [0.717, 1.165) is 12.1 Å². The van der Waals surface area contributed by atoms with E-state index in [2.05, 4.69) is 10.3 Å². The fourth-order valence-corrected chi connectivity index (χ4v) is 1.63. The molecule has 0 aliphatic heterocycles. The van der Waals surface area contributed by atoms with Crippen molar-refractivity contribution in [2.24, 2.45) is 5.73 Å². The van der Waals surface area contributed by atoms with Crippen LogP contribution in [0.25, 0.3) is 0 Å². The van der Waals surface area contributed by atoms with Crippen LogP contribution in [-0.4, -0.2) is 15.0 Å². The number of nitrogens with zero attached hydrogens (tertiary/aromatic N) is 3. The molecule has 0 fully saturated rings. The van der Waals surface area contributed by atoms with Crippen molar-refractivity contribution in [3.63, 3.8) is 0 Å². The molecule has 1 atom stereocenters. The van der Waals surface area contributed by atoms with Gasteiger partial charge in [0.15, 0.2) is 0 Å². The molecule has 0 saturated carbocycles. The van der Waals surface area contributed by atoms with Crippen molar-refractivity contribution in [2.75, 3.05) is 0 Å². The number of halogens is 3. The Hall–Kier alpha value is -1.89. The van der Waals surface area contributed by atoms with Crippen LogP contribution in [0.2, 0.25) is 0 Å². The number of benzene rings is 1. The van der Waals surface area contributed by atoms with Gasteiger partial charge >= 0.3 is 6.18 Å². The van der Waals surface area contributed by atoms with Crippen LogP contribution in [0.1, 0.15) is 29.8 Å². The second-order valence-electron chi connectivity index (χ2n) is 4.33. The molecule has 0 saturated heterocycles. The van der Waals surface area contributed by atoms with E-state index in [-0.39, 0.29) is 12.6 Å². The van der Waals surface area contributed by atoms with E-state index in [1.165, 1.54) is 10.7 Å². The van der Waals surface area contributed by atoms with E-state index in [4.69, 9.17) is 5.73 Å². The fraction of sp³-hybridized carbons (Fsp3) is 0.333. The van der Waals surface area contributed by atoms with Crippen LogP contribution in [0.3, 0.4) is 0 Å². The van der Waals surface area contributed by atoms with Crippen molar-refractivity contribution in [3.05, 3.63) is 47.3 Å². The van der Waals surface area contributed by atoms with Gasteiger partial charge in [0.2, 0.25) is 0 Å². The van der Waals surface area contributed by atoms with E-state index >= 15 is 0 Å². The number of aromatic nitrogens is 3. The molecular formula is C12H13F3N4. The standard InChI is InChI=1S/C12H13F3N4/c1-8(16)11-7-19(18-17-11)6-9-3-2-4-10(5-9)12(13,14)15/h2-5,7-8H,6,16H2,1H3. The fourth-order valence-electron chi connectivity index (χ4n) is 1.63. The van der Waals surface area contributed by atoms with Crippen LogP contribution in [0.4, 0.5) is 13.2 Å². The maximum Gasteiger partial charge on any atom is 0.416 e. The number of nitrogens with two attached hydrogens (primary N) is 1. The van der Waals surface area contributed by atoms with Crippen molar-refractivity contribution in [1.82, 2.24) is 15.0 Å². The van der Waals surface area contributed by atoms with Gasteiger partial charge in [-0.3, -0.25) is 0 Å². The average molecular weight is 270 g/mol. The zero-order chi connectivity index (χ0) is 14.0. The highest BCUT2D eigenvalue weighted by molar-refractivity contribution is 5.25. The predicted octanol–water partition coefficient (Wildman–Crippen LogP) is 2.36. The predicted molar refractivity (Wildman–Crippen MR) is 63.2 cm³/mol. The minimum absolute atomic E-state index is 0.226. The van der Waals surface area contributed by atoms with Crippen molar-refractivity contribution < 1.29 is 13.2 Å². The number of hydrogen-bond acceptors (Lipinski definition) is 3. The van der Waals surface area contributed by atoms with Gasteiger partial charge in [-0.15, -0.1) is 5.10 Å². The van der Waals surface area contributed by atoms with Gasteiger partial charge in [-0.1, -0.05) is 17.3 Å². The summed E-state index contributed by atoms with van der Waals surface area (Å²) < 4.78 is 39.2. The molecule has 0 amide bonds. The van der Waals surface area contributed by atoms with E-state index in [0.29, 0.717) is 11.3 Å². The summed E-state index contributed by atoms with van der Waals surface area (Å²) in [6, 6.07) is 4.88. The number of alkyl halides is 3. The minimum atomic E-state index is -4.34. The molecule has 7 heteroatoms. The Morgan fingerprint density at radius 1 is 1.37 bits per heavy atom. The van der Waals surface area contributed by atoms with Gasteiger partial charge in [0, 0.05) is 6.04 Å². The third-order valence-electron chi connectivity index (χ3n) is 2.62. The summed E-state index contributed by atoms with van der Waals surface area (Å²) in [5, 5.41) is 7.68. The molecule has 2 aromatic rings. The molecule has 1 aromatic heterocycles. The maximum atomic E-state index is 12.6. The molecule has 0 aliphatic carbocycles. The van der Waals surface area contributed by atoms with Crippen LogP contribution in [-0.2, 0) is 12.7 Å². The molecule has 4 nitrogen and oxygen atoms in total. The summed E-state index contributed by atoms with van der Waals surface area (Å²) in [5.41, 5.74) is 6.08. The van der Waals surface area contributed by atoms with Crippen LogP contribution >= 0.6 is 0 Å². The monoisotopic (exact) mass is 270 g/mol. The molecule has 0 radical (unpaired) electrons. The van der Waals surface area contributed by atoms with E-state index < -0.39 is 11.7 Å². The Morgan fingerprint density at radius 3 is 2.68 bits per heavy atom. The lowest BCUT2D eigenvalue weighted by Crippen LogP contribution is -2.07. The summed E-state index contributed by atoms with van der Waals surface area (Å²) in [4.78, 5) is 0. The molecule has 2 rings (SSSR count). The van der Waals surface area contributed by atoms with Crippen molar-refractivity contribution in [1.29, 1.82) is 0 Å². The van der Waals surface area contributed by atoms with Gasteiger partial charge in [-0.05, 0) is 24.6 Å². The molecule has 1 unspecified atom stereocenters. The third-order valence-corrected chi connectivity index (χ3v) is 2.62. The lowest BCUT2D eigenvalue weighted by atomic mass is 10.1. The highest BCUT2D eigenvalue weighted by Crippen LogP contribution is 2.29. The average Bonchev–Trinajstić information content (AvgIpc) is 2.77. The van der Waals surface area contributed by atoms with E-state index in [1.54, 1.807) is 19.2 Å².